The average Bonchev–Trinajstić information content (AvgIpc) is 2.92. The van der Waals surface area contributed by atoms with E-state index in [-0.39, 0.29) is 0 Å². The van der Waals surface area contributed by atoms with Gasteiger partial charge < -0.3 is 5.73 Å². The number of nitrogen functional groups attached to an aromatic ring is 1. The minimum atomic E-state index is 0.396. The van der Waals surface area contributed by atoms with Gasteiger partial charge >= 0.3 is 0 Å². The fourth-order valence-electron chi connectivity index (χ4n) is 1.86. The van der Waals surface area contributed by atoms with Crippen molar-refractivity contribution >= 4 is 22.0 Å². The van der Waals surface area contributed by atoms with E-state index in [1.165, 1.54) is 0 Å². The van der Waals surface area contributed by atoms with Crippen LogP contribution in [0, 0.1) is 6.92 Å². The van der Waals surface area contributed by atoms with Crippen LogP contribution in [0.4, 0.5) is 5.69 Å². The van der Waals surface area contributed by atoms with Crippen LogP contribution in [0.1, 0.15) is 30.3 Å². The third-order valence-electron chi connectivity index (χ3n) is 3.03. The second-order valence-electron chi connectivity index (χ2n) is 4.88. The van der Waals surface area contributed by atoms with Gasteiger partial charge in [-0.2, -0.15) is 9.61 Å². The predicted octanol–water partition coefficient (Wildman–Crippen LogP) is 2.87. The number of aryl methyl sites for hydroxylation is 1. The van der Waals surface area contributed by atoms with Gasteiger partial charge in [0.2, 0.25) is 4.96 Å². The zero-order chi connectivity index (χ0) is 13.6. The Morgan fingerprint density at radius 1 is 1.26 bits per heavy atom. The first-order valence-corrected chi connectivity index (χ1v) is 6.96. The molecule has 0 spiro atoms. The van der Waals surface area contributed by atoms with Crippen molar-refractivity contribution in [2.45, 2.75) is 26.7 Å². The quantitative estimate of drug-likeness (QED) is 0.729. The monoisotopic (exact) mass is 273 g/mol. The number of anilines is 1. The SMILES string of the molecule is Cc1cc(-c2nnc3sc(C(C)C)nn23)ccc1N. The molecular formula is C13H15N5S. The maximum absolute atomic E-state index is 5.84. The highest BCUT2D eigenvalue weighted by Gasteiger charge is 2.15. The molecule has 2 heterocycles. The van der Waals surface area contributed by atoms with Gasteiger partial charge in [0, 0.05) is 17.2 Å². The number of benzene rings is 1. The van der Waals surface area contributed by atoms with Crippen molar-refractivity contribution in [3.05, 3.63) is 28.8 Å². The molecule has 0 aliphatic rings. The summed E-state index contributed by atoms with van der Waals surface area (Å²) in [5.41, 5.74) is 8.65. The third kappa shape index (κ3) is 1.98. The number of hydrogen-bond acceptors (Lipinski definition) is 5. The summed E-state index contributed by atoms with van der Waals surface area (Å²) >= 11 is 1.58. The van der Waals surface area contributed by atoms with Gasteiger partial charge in [-0.3, -0.25) is 0 Å². The Kier molecular flexibility index (Phi) is 2.74. The Morgan fingerprint density at radius 2 is 2.05 bits per heavy atom. The molecule has 0 radical (unpaired) electrons. The molecule has 6 heteroatoms. The zero-order valence-electron chi connectivity index (χ0n) is 11.1. The third-order valence-corrected chi connectivity index (χ3v) is 4.23. The molecule has 0 unspecified atom stereocenters. The topological polar surface area (TPSA) is 69.1 Å². The highest BCUT2D eigenvalue weighted by molar-refractivity contribution is 7.16. The summed E-state index contributed by atoms with van der Waals surface area (Å²) in [6.45, 7) is 6.23. The van der Waals surface area contributed by atoms with Crippen LogP contribution in [-0.2, 0) is 0 Å². The molecule has 0 fully saturated rings. The molecule has 2 aromatic heterocycles. The molecule has 0 amide bonds. The van der Waals surface area contributed by atoms with Crippen molar-refractivity contribution in [1.29, 1.82) is 0 Å². The lowest BCUT2D eigenvalue weighted by molar-refractivity contribution is 0.802. The minimum Gasteiger partial charge on any atom is -0.399 e. The Balaban J connectivity index is 2.16. The van der Waals surface area contributed by atoms with Gasteiger partial charge in [0.15, 0.2) is 5.82 Å². The lowest BCUT2D eigenvalue weighted by Gasteiger charge is -2.02. The van der Waals surface area contributed by atoms with E-state index in [1.807, 2.05) is 29.6 Å². The Labute approximate surface area is 115 Å². The zero-order valence-corrected chi connectivity index (χ0v) is 11.9. The van der Waals surface area contributed by atoms with Gasteiger partial charge in [-0.15, -0.1) is 10.2 Å². The molecule has 3 rings (SSSR count). The molecule has 1 aromatic carbocycles. The van der Waals surface area contributed by atoms with Crippen molar-refractivity contribution in [1.82, 2.24) is 19.8 Å². The summed E-state index contributed by atoms with van der Waals surface area (Å²) in [4.78, 5) is 0.827. The van der Waals surface area contributed by atoms with Crippen LogP contribution < -0.4 is 5.73 Å². The summed E-state index contributed by atoms with van der Waals surface area (Å²) in [5.74, 6) is 1.16. The molecule has 0 atom stereocenters. The summed E-state index contributed by atoms with van der Waals surface area (Å²) < 4.78 is 1.81. The van der Waals surface area contributed by atoms with Crippen molar-refractivity contribution in [3.63, 3.8) is 0 Å². The maximum Gasteiger partial charge on any atom is 0.234 e. The van der Waals surface area contributed by atoms with Crippen LogP contribution in [0.25, 0.3) is 16.3 Å². The Hall–Kier alpha value is -1.95. The van der Waals surface area contributed by atoms with Crippen LogP contribution in [0.2, 0.25) is 0 Å². The van der Waals surface area contributed by atoms with E-state index in [0.717, 1.165) is 32.6 Å². The van der Waals surface area contributed by atoms with Crippen LogP contribution in [-0.4, -0.2) is 19.8 Å². The van der Waals surface area contributed by atoms with Crippen molar-refractivity contribution < 1.29 is 0 Å². The normalized spacial score (nSPS) is 11.6. The van der Waals surface area contributed by atoms with Crippen LogP contribution in [0.5, 0.6) is 0 Å². The lowest BCUT2D eigenvalue weighted by Crippen LogP contribution is -1.95. The van der Waals surface area contributed by atoms with Crippen molar-refractivity contribution in [2.75, 3.05) is 5.73 Å². The van der Waals surface area contributed by atoms with Gasteiger partial charge in [0.1, 0.15) is 5.01 Å². The van der Waals surface area contributed by atoms with E-state index < -0.39 is 0 Å². The van der Waals surface area contributed by atoms with Crippen molar-refractivity contribution in [2.24, 2.45) is 0 Å². The average molecular weight is 273 g/mol. The molecule has 3 aromatic rings. The highest BCUT2D eigenvalue weighted by Crippen LogP contribution is 2.26. The standard InChI is InChI=1S/C13H15N5S/c1-7(2)12-17-18-11(15-16-13(18)19-12)9-4-5-10(14)8(3)6-9/h4-7H,14H2,1-3H3. The van der Waals surface area contributed by atoms with Gasteiger partial charge in [-0.25, -0.2) is 0 Å². The minimum absolute atomic E-state index is 0.396. The summed E-state index contributed by atoms with van der Waals surface area (Å²) in [6, 6.07) is 5.86. The molecule has 0 aliphatic carbocycles. The largest absolute Gasteiger partial charge is 0.399 e. The van der Waals surface area contributed by atoms with E-state index in [9.17, 15) is 0 Å². The maximum atomic E-state index is 5.84. The van der Waals surface area contributed by atoms with E-state index in [2.05, 4.69) is 29.1 Å². The first-order valence-electron chi connectivity index (χ1n) is 6.15. The van der Waals surface area contributed by atoms with Gasteiger partial charge in [0.05, 0.1) is 0 Å². The molecule has 2 N–H and O–H groups in total. The van der Waals surface area contributed by atoms with Gasteiger partial charge in [-0.05, 0) is 30.7 Å². The predicted molar refractivity (Wildman–Crippen MR) is 77.3 cm³/mol. The molecule has 0 saturated carbocycles. The molecule has 0 aliphatic heterocycles. The molecule has 19 heavy (non-hydrogen) atoms. The summed E-state index contributed by atoms with van der Waals surface area (Å²) in [5, 5.41) is 14.1. The van der Waals surface area contributed by atoms with E-state index in [4.69, 9.17) is 5.73 Å². The Morgan fingerprint density at radius 3 is 2.74 bits per heavy atom. The molecule has 98 valence electrons. The van der Waals surface area contributed by atoms with Gasteiger partial charge in [0.25, 0.3) is 0 Å². The molecule has 0 bridgehead atoms. The van der Waals surface area contributed by atoms with Crippen LogP contribution >= 0.6 is 11.3 Å². The molecule has 5 nitrogen and oxygen atoms in total. The van der Waals surface area contributed by atoms with E-state index >= 15 is 0 Å². The fourth-order valence-corrected chi connectivity index (χ4v) is 2.70. The van der Waals surface area contributed by atoms with Gasteiger partial charge in [-0.1, -0.05) is 25.2 Å². The second-order valence-corrected chi connectivity index (χ2v) is 5.87. The van der Waals surface area contributed by atoms with Crippen LogP contribution in [0.15, 0.2) is 18.2 Å². The number of hydrogen-bond donors (Lipinski definition) is 1. The fraction of sp³-hybridized carbons (Fsp3) is 0.308. The van der Waals surface area contributed by atoms with Crippen LogP contribution in [0.3, 0.4) is 0 Å². The first kappa shape index (κ1) is 12.1. The summed E-state index contributed by atoms with van der Waals surface area (Å²) in [7, 11) is 0. The smallest absolute Gasteiger partial charge is 0.234 e. The molecular weight excluding hydrogens is 258 g/mol. The number of nitrogens with zero attached hydrogens (tertiary/aromatic N) is 4. The van der Waals surface area contributed by atoms with E-state index in [0.29, 0.717) is 5.92 Å². The highest BCUT2D eigenvalue weighted by atomic mass is 32.1. The van der Waals surface area contributed by atoms with Crippen molar-refractivity contribution in [3.8, 4) is 11.4 Å². The second kappa shape index (κ2) is 4.31. The molecule has 0 saturated heterocycles. The Bertz CT molecular complexity index is 741. The lowest BCUT2D eigenvalue weighted by atomic mass is 10.1. The van der Waals surface area contributed by atoms with E-state index in [1.54, 1.807) is 11.3 Å². The number of rotatable bonds is 2. The number of aromatic nitrogens is 4. The number of nitrogens with two attached hydrogens (primary N) is 1. The number of fused-ring (bicyclic) bond motifs is 1. The summed E-state index contributed by atoms with van der Waals surface area (Å²) in [6.07, 6.45) is 0. The first-order chi connectivity index (χ1) is 9.06.